The van der Waals surface area contributed by atoms with Crippen LogP contribution in [0.1, 0.15) is 40.5 Å². The highest BCUT2D eigenvalue weighted by atomic mass is 16.6. The first-order valence-electron chi connectivity index (χ1n) is 11.9. The van der Waals surface area contributed by atoms with E-state index < -0.39 is 36.0 Å². The largest absolute Gasteiger partial charge is 0.457 e. The topological polar surface area (TPSA) is 85.2 Å². The lowest BCUT2D eigenvalue weighted by Crippen LogP contribution is -2.55. The van der Waals surface area contributed by atoms with Gasteiger partial charge in [0.1, 0.15) is 11.7 Å². The van der Waals surface area contributed by atoms with E-state index in [1.165, 1.54) is 7.11 Å². The number of cyclic esters (lactones) is 1. The number of carbonyl (C=O) groups is 1. The van der Waals surface area contributed by atoms with Crippen LogP contribution in [-0.4, -0.2) is 59.4 Å². The van der Waals surface area contributed by atoms with Gasteiger partial charge < -0.3 is 24.4 Å². The number of methoxy groups -OCH3 is 1. The van der Waals surface area contributed by atoms with Gasteiger partial charge in [-0.3, -0.25) is 0 Å². The summed E-state index contributed by atoms with van der Waals surface area (Å²) in [5.41, 5.74) is 0.306. The summed E-state index contributed by atoms with van der Waals surface area (Å²) in [5.74, 6) is -0.549. The Kier molecular flexibility index (Phi) is 6.45. The number of esters is 1. The van der Waals surface area contributed by atoms with Crippen LogP contribution in [0, 0.1) is 35.5 Å². The Labute approximate surface area is 191 Å². The maximum atomic E-state index is 13.0. The summed E-state index contributed by atoms with van der Waals surface area (Å²) >= 11 is 0. The molecule has 4 aliphatic rings. The van der Waals surface area contributed by atoms with Crippen molar-refractivity contribution in [2.45, 2.75) is 76.7 Å². The third-order valence-electron chi connectivity index (χ3n) is 8.57. The maximum Gasteiger partial charge on any atom is 0.335 e. The molecule has 6 nitrogen and oxygen atoms in total. The Morgan fingerprint density at radius 2 is 2.09 bits per heavy atom. The molecule has 0 amide bonds. The van der Waals surface area contributed by atoms with Crippen LogP contribution in [0.15, 0.2) is 36.5 Å². The summed E-state index contributed by atoms with van der Waals surface area (Å²) in [5, 5.41) is 21.9. The number of carbonyl (C=O) groups excluding carboxylic acids is 1. The molecule has 0 aromatic rings. The van der Waals surface area contributed by atoms with Crippen LogP contribution in [0.25, 0.3) is 0 Å². The van der Waals surface area contributed by atoms with E-state index in [9.17, 15) is 15.0 Å². The van der Waals surface area contributed by atoms with Gasteiger partial charge in [-0.2, -0.15) is 0 Å². The normalized spacial score (nSPS) is 50.6. The molecule has 1 spiro atoms. The van der Waals surface area contributed by atoms with Gasteiger partial charge in [-0.15, -0.1) is 6.58 Å². The molecule has 2 aliphatic carbocycles. The Morgan fingerprint density at radius 1 is 1.38 bits per heavy atom. The van der Waals surface area contributed by atoms with Crippen LogP contribution in [-0.2, 0) is 19.0 Å². The van der Waals surface area contributed by atoms with Gasteiger partial charge >= 0.3 is 5.97 Å². The molecule has 2 fully saturated rings. The lowest BCUT2D eigenvalue weighted by atomic mass is 9.55. The maximum absolute atomic E-state index is 13.0. The molecule has 1 unspecified atom stereocenters. The Balaban J connectivity index is 1.86. The molecule has 0 aromatic heterocycles. The molecule has 4 bridgehead atoms. The summed E-state index contributed by atoms with van der Waals surface area (Å²) in [6, 6.07) is 0. The molecule has 32 heavy (non-hydrogen) atoms. The summed E-state index contributed by atoms with van der Waals surface area (Å²) < 4.78 is 18.3. The van der Waals surface area contributed by atoms with E-state index in [2.05, 4.69) is 38.7 Å². The van der Waals surface area contributed by atoms with Gasteiger partial charge in [0.25, 0.3) is 0 Å². The van der Waals surface area contributed by atoms with Crippen LogP contribution in [0.4, 0.5) is 0 Å². The van der Waals surface area contributed by atoms with Crippen molar-refractivity contribution in [1.29, 1.82) is 0 Å². The van der Waals surface area contributed by atoms with E-state index in [4.69, 9.17) is 14.2 Å². The molecule has 2 N–H and O–H groups in total. The van der Waals surface area contributed by atoms with E-state index in [0.717, 1.165) is 12.0 Å². The fourth-order valence-corrected chi connectivity index (χ4v) is 7.01. The van der Waals surface area contributed by atoms with Crippen molar-refractivity contribution in [3.05, 3.63) is 36.5 Å². The molecule has 0 radical (unpaired) electrons. The molecule has 1 saturated heterocycles. The Morgan fingerprint density at radius 3 is 2.72 bits per heavy atom. The van der Waals surface area contributed by atoms with E-state index in [1.54, 1.807) is 6.92 Å². The highest BCUT2D eigenvalue weighted by Crippen LogP contribution is 2.62. The zero-order valence-corrected chi connectivity index (χ0v) is 19.8. The smallest absolute Gasteiger partial charge is 0.335 e. The van der Waals surface area contributed by atoms with Crippen molar-refractivity contribution in [3.63, 3.8) is 0 Å². The molecule has 1 saturated carbocycles. The predicted molar refractivity (Wildman–Crippen MR) is 121 cm³/mol. The molecule has 178 valence electrons. The number of allylic oxidation sites excluding steroid dienone is 1. The summed E-state index contributed by atoms with van der Waals surface area (Å²) in [7, 11) is 1.51. The number of aliphatic hydroxyl groups excluding tert-OH is 2. The van der Waals surface area contributed by atoms with E-state index in [-0.39, 0.29) is 41.6 Å². The lowest BCUT2D eigenvalue weighted by molar-refractivity contribution is -0.172. The molecule has 12 atom stereocenters. The molecule has 2 heterocycles. The third kappa shape index (κ3) is 3.42. The van der Waals surface area contributed by atoms with Crippen molar-refractivity contribution < 1.29 is 29.2 Å². The van der Waals surface area contributed by atoms with Crippen molar-refractivity contribution in [2.75, 3.05) is 7.11 Å². The zero-order chi connectivity index (χ0) is 23.4. The van der Waals surface area contributed by atoms with Crippen molar-refractivity contribution in [3.8, 4) is 0 Å². The first-order chi connectivity index (χ1) is 15.2. The second-order valence-corrected chi connectivity index (χ2v) is 10.3. The lowest BCUT2D eigenvalue weighted by Gasteiger charge is -2.49. The Bertz CT molecular complexity index is 802. The van der Waals surface area contributed by atoms with Gasteiger partial charge in [-0.25, -0.2) is 4.79 Å². The number of hydrogen-bond acceptors (Lipinski definition) is 6. The van der Waals surface area contributed by atoms with E-state index in [0.29, 0.717) is 6.42 Å². The molecule has 0 aromatic carbocycles. The molecular weight excluding hydrogens is 408 g/mol. The van der Waals surface area contributed by atoms with E-state index in [1.807, 2.05) is 13.0 Å². The average molecular weight is 447 g/mol. The first-order valence-corrected chi connectivity index (χ1v) is 11.9. The number of hydrogen-bond donors (Lipinski definition) is 2. The van der Waals surface area contributed by atoms with Gasteiger partial charge in [-0.1, -0.05) is 38.2 Å². The van der Waals surface area contributed by atoms with Gasteiger partial charge in [-0.05, 0) is 44.1 Å². The van der Waals surface area contributed by atoms with Crippen LogP contribution in [0.5, 0.6) is 0 Å². The van der Waals surface area contributed by atoms with Crippen molar-refractivity contribution >= 4 is 5.97 Å². The standard InChI is InChI=1S/C26H38O6/c1-7-8-18-15(4)22(28)21-19-10-9-17-12-20(30-6)25(29)31-23(16(5)27)13(2)11-14(3)26(17,21)32-24(18)19/h7,9-11,13,15-24,27-28H,1,8,12H2,2-6H3/b14-11-/t13-,15?,16-,17-,18-,19-,20+,21+,22-,23+,24+,26+/m1/s1. The number of rotatable bonds is 4. The number of ether oxygens (including phenoxy) is 3. The highest BCUT2D eigenvalue weighted by molar-refractivity contribution is 5.75. The minimum Gasteiger partial charge on any atom is -0.457 e. The van der Waals surface area contributed by atoms with Gasteiger partial charge in [0, 0.05) is 30.8 Å². The van der Waals surface area contributed by atoms with Crippen LogP contribution in [0.2, 0.25) is 0 Å². The molecular formula is C26H38O6. The fraction of sp³-hybridized carbons (Fsp3) is 0.731. The van der Waals surface area contributed by atoms with Crippen LogP contribution >= 0.6 is 0 Å². The highest BCUT2D eigenvalue weighted by Gasteiger charge is 2.67. The minimum absolute atomic E-state index is 0.0141. The fourth-order valence-electron chi connectivity index (χ4n) is 7.01. The second kappa shape index (κ2) is 8.71. The first kappa shape index (κ1) is 23.7. The SMILES string of the molecule is C=CC[C@@H]1C(C)[C@@H](O)[C@@H]2[C@H]3C=C[C@@H]4C[C@H](OC)C(=O)O[C@H]([C@@H](C)O)[C@H](C)/C=C(/C)[C@@]24O[C@H]31. The van der Waals surface area contributed by atoms with Gasteiger partial charge in [0.2, 0.25) is 0 Å². The zero-order valence-electron chi connectivity index (χ0n) is 19.8. The van der Waals surface area contributed by atoms with Crippen LogP contribution < -0.4 is 0 Å². The Hall–Kier alpha value is -1.47. The summed E-state index contributed by atoms with van der Waals surface area (Å²) in [6.45, 7) is 11.7. The van der Waals surface area contributed by atoms with Gasteiger partial charge in [0.05, 0.1) is 18.3 Å². The quantitative estimate of drug-likeness (QED) is 0.510. The average Bonchev–Trinajstić information content (AvgIpc) is 2.94. The minimum atomic E-state index is -0.825. The predicted octanol–water partition coefficient (Wildman–Crippen LogP) is 3.04. The number of aliphatic hydroxyl groups is 2. The van der Waals surface area contributed by atoms with Crippen molar-refractivity contribution in [1.82, 2.24) is 0 Å². The second-order valence-electron chi connectivity index (χ2n) is 10.3. The molecule has 2 aliphatic heterocycles. The van der Waals surface area contributed by atoms with Crippen LogP contribution in [0.3, 0.4) is 0 Å². The summed E-state index contributed by atoms with van der Waals surface area (Å²) in [4.78, 5) is 13.0. The molecule has 6 heteroatoms. The third-order valence-corrected chi connectivity index (χ3v) is 8.57. The van der Waals surface area contributed by atoms with E-state index >= 15 is 0 Å². The van der Waals surface area contributed by atoms with Gasteiger partial charge in [0.15, 0.2) is 6.10 Å². The monoisotopic (exact) mass is 446 g/mol. The molecule has 4 rings (SSSR count). The summed E-state index contributed by atoms with van der Waals surface area (Å²) in [6.07, 6.45) is 6.68. The van der Waals surface area contributed by atoms with Crippen molar-refractivity contribution in [2.24, 2.45) is 35.5 Å².